The van der Waals surface area contributed by atoms with E-state index in [2.05, 4.69) is 41.2 Å². The van der Waals surface area contributed by atoms with Crippen LogP contribution in [0, 0.1) is 11.8 Å². The molecule has 2 aliphatic rings. The number of aliphatic imine (C=N–C) groups is 1. The van der Waals surface area contributed by atoms with Crippen molar-refractivity contribution in [1.29, 1.82) is 0 Å². The monoisotopic (exact) mass is 430 g/mol. The highest BCUT2D eigenvalue weighted by atomic mass is 16.5. The van der Waals surface area contributed by atoms with E-state index in [0.29, 0.717) is 25.0 Å². The van der Waals surface area contributed by atoms with E-state index >= 15 is 0 Å². The fourth-order valence-corrected chi connectivity index (χ4v) is 4.05. The second-order valence-electron chi connectivity index (χ2n) is 8.77. The molecule has 2 heterocycles. The van der Waals surface area contributed by atoms with Gasteiger partial charge in [0, 0.05) is 45.7 Å². The quantitative estimate of drug-likeness (QED) is 0.532. The van der Waals surface area contributed by atoms with Crippen LogP contribution >= 0.6 is 0 Å². The van der Waals surface area contributed by atoms with Crippen LogP contribution in [0.25, 0.3) is 0 Å². The number of piperidine rings is 1. The maximum atomic E-state index is 12.7. The minimum atomic E-state index is 0.129. The topological polar surface area (TPSA) is 66.4 Å². The van der Waals surface area contributed by atoms with Crippen LogP contribution < -0.4 is 10.1 Å². The van der Waals surface area contributed by atoms with Crippen molar-refractivity contribution in [1.82, 2.24) is 15.1 Å². The predicted molar refractivity (Wildman–Crippen MR) is 124 cm³/mol. The van der Waals surface area contributed by atoms with E-state index in [4.69, 9.17) is 9.47 Å². The first-order valence-corrected chi connectivity index (χ1v) is 11.6. The van der Waals surface area contributed by atoms with Crippen molar-refractivity contribution >= 4 is 11.9 Å². The van der Waals surface area contributed by atoms with Crippen molar-refractivity contribution < 1.29 is 14.3 Å². The van der Waals surface area contributed by atoms with Crippen LogP contribution in [0.15, 0.2) is 29.3 Å². The number of carbonyl (C=O) groups excluding carboxylic acids is 1. The number of nitrogens with one attached hydrogen (secondary N) is 1. The molecule has 3 rings (SSSR count). The minimum absolute atomic E-state index is 0.129. The molecule has 0 aromatic heterocycles. The third-order valence-electron chi connectivity index (χ3n) is 5.88. The Morgan fingerprint density at radius 3 is 2.42 bits per heavy atom. The fraction of sp³-hybridized carbons (Fsp3) is 0.667. The van der Waals surface area contributed by atoms with E-state index in [1.807, 2.05) is 24.1 Å². The summed E-state index contributed by atoms with van der Waals surface area (Å²) in [6.07, 6.45) is 2.69. The molecule has 1 amide bonds. The maximum Gasteiger partial charge on any atom is 0.225 e. The Balaban J connectivity index is 1.39. The Labute approximate surface area is 186 Å². The lowest BCUT2D eigenvalue weighted by Crippen LogP contribution is -2.50. The summed E-state index contributed by atoms with van der Waals surface area (Å²) >= 11 is 0. The van der Waals surface area contributed by atoms with Gasteiger partial charge in [0.1, 0.15) is 5.75 Å². The molecular formula is C24H38N4O3. The Morgan fingerprint density at radius 1 is 1.13 bits per heavy atom. The van der Waals surface area contributed by atoms with Crippen LogP contribution in [-0.2, 0) is 16.0 Å². The zero-order chi connectivity index (χ0) is 22.1. The molecule has 7 nitrogen and oxygen atoms in total. The first-order chi connectivity index (χ1) is 15.1. The zero-order valence-electron chi connectivity index (χ0n) is 19.3. The van der Waals surface area contributed by atoms with E-state index in [0.717, 1.165) is 70.3 Å². The molecule has 0 saturated carbocycles. The van der Waals surface area contributed by atoms with Crippen molar-refractivity contribution in [2.75, 3.05) is 59.6 Å². The molecule has 0 unspecified atom stereocenters. The van der Waals surface area contributed by atoms with Crippen LogP contribution in [0.1, 0.15) is 32.3 Å². The normalized spacial score (nSPS) is 18.4. The number of hydrogen-bond acceptors (Lipinski definition) is 4. The molecule has 0 radical (unpaired) electrons. The summed E-state index contributed by atoms with van der Waals surface area (Å²) in [6, 6.07) is 8.34. The Bertz CT molecular complexity index is 706. The van der Waals surface area contributed by atoms with E-state index in [1.54, 1.807) is 0 Å². The van der Waals surface area contributed by atoms with Crippen molar-refractivity contribution in [2.24, 2.45) is 16.8 Å². The molecule has 0 bridgehead atoms. The Morgan fingerprint density at radius 2 is 1.81 bits per heavy atom. The predicted octanol–water partition coefficient (Wildman–Crippen LogP) is 2.41. The first-order valence-electron chi connectivity index (χ1n) is 11.6. The van der Waals surface area contributed by atoms with Crippen LogP contribution in [0.2, 0.25) is 0 Å². The van der Waals surface area contributed by atoms with Gasteiger partial charge in [0.2, 0.25) is 5.91 Å². The lowest BCUT2D eigenvalue weighted by atomic mass is 9.95. The summed E-state index contributed by atoms with van der Waals surface area (Å²) in [6.45, 7) is 10.4. The lowest BCUT2D eigenvalue weighted by Gasteiger charge is -2.36. The molecule has 2 fully saturated rings. The molecule has 0 spiro atoms. The SMILES string of the molecule is CN=C(NCCc1ccc(OCC(C)C)cc1)N1CCC(C(=O)N2CCOCC2)CC1. The number of benzene rings is 1. The number of guanidine groups is 1. The van der Waals surface area contributed by atoms with Crippen molar-refractivity contribution in [3.05, 3.63) is 29.8 Å². The van der Waals surface area contributed by atoms with Gasteiger partial charge < -0.3 is 24.6 Å². The van der Waals surface area contributed by atoms with Gasteiger partial charge in [-0.25, -0.2) is 0 Å². The number of hydrogen-bond donors (Lipinski definition) is 1. The molecule has 1 aromatic carbocycles. The summed E-state index contributed by atoms with van der Waals surface area (Å²) in [5, 5.41) is 3.48. The Hall–Kier alpha value is -2.28. The molecule has 172 valence electrons. The van der Waals surface area contributed by atoms with Crippen LogP contribution in [0.3, 0.4) is 0 Å². The molecule has 31 heavy (non-hydrogen) atoms. The second kappa shape index (κ2) is 11.9. The molecule has 2 aliphatic heterocycles. The number of likely N-dealkylation sites (tertiary alicyclic amines) is 1. The third-order valence-corrected chi connectivity index (χ3v) is 5.88. The van der Waals surface area contributed by atoms with E-state index in [9.17, 15) is 4.79 Å². The highest BCUT2D eigenvalue weighted by Crippen LogP contribution is 2.20. The van der Waals surface area contributed by atoms with Crippen molar-refractivity contribution in [3.63, 3.8) is 0 Å². The van der Waals surface area contributed by atoms with Crippen molar-refractivity contribution in [3.8, 4) is 5.75 Å². The van der Waals surface area contributed by atoms with Gasteiger partial charge in [-0.1, -0.05) is 26.0 Å². The summed E-state index contributed by atoms with van der Waals surface area (Å²) in [4.78, 5) is 21.4. The third kappa shape index (κ3) is 7.13. The van der Waals surface area contributed by atoms with Crippen LogP contribution in [-0.4, -0.2) is 81.3 Å². The van der Waals surface area contributed by atoms with Crippen molar-refractivity contribution in [2.45, 2.75) is 33.1 Å². The Kier molecular flexibility index (Phi) is 9.00. The molecule has 0 aliphatic carbocycles. The molecule has 0 atom stereocenters. The summed E-state index contributed by atoms with van der Waals surface area (Å²) < 4.78 is 11.1. The van der Waals surface area contributed by atoms with Crippen LogP contribution in [0.5, 0.6) is 5.75 Å². The molecule has 2 saturated heterocycles. The first kappa shape index (κ1) is 23.4. The highest BCUT2D eigenvalue weighted by Gasteiger charge is 2.30. The number of rotatable bonds is 7. The van der Waals surface area contributed by atoms with E-state index in [-0.39, 0.29) is 5.92 Å². The molecule has 7 heteroatoms. The van der Waals surface area contributed by atoms with Gasteiger partial charge in [-0.3, -0.25) is 9.79 Å². The molecule has 1 aromatic rings. The smallest absolute Gasteiger partial charge is 0.225 e. The maximum absolute atomic E-state index is 12.7. The van der Waals surface area contributed by atoms with Gasteiger partial charge in [-0.05, 0) is 42.9 Å². The van der Waals surface area contributed by atoms with Gasteiger partial charge in [0.05, 0.1) is 19.8 Å². The van der Waals surface area contributed by atoms with Gasteiger partial charge in [0.25, 0.3) is 0 Å². The van der Waals surface area contributed by atoms with E-state index in [1.165, 1.54) is 5.56 Å². The average molecular weight is 431 g/mol. The standard InChI is InChI=1S/C24H38N4O3/c1-19(2)18-31-22-6-4-20(5-7-22)8-11-26-24(25-3)28-12-9-21(10-13-28)23(29)27-14-16-30-17-15-27/h4-7,19,21H,8-18H2,1-3H3,(H,25,26). The van der Waals surface area contributed by atoms with Gasteiger partial charge in [-0.15, -0.1) is 0 Å². The molecular weight excluding hydrogens is 392 g/mol. The number of morpholine rings is 1. The fourth-order valence-electron chi connectivity index (χ4n) is 4.05. The number of carbonyl (C=O) groups is 1. The van der Waals surface area contributed by atoms with Gasteiger partial charge in [-0.2, -0.15) is 0 Å². The van der Waals surface area contributed by atoms with Gasteiger partial charge in [0.15, 0.2) is 5.96 Å². The summed E-state index contributed by atoms with van der Waals surface area (Å²) in [5.41, 5.74) is 1.27. The average Bonchev–Trinajstić information content (AvgIpc) is 2.81. The van der Waals surface area contributed by atoms with Crippen LogP contribution in [0.4, 0.5) is 0 Å². The second-order valence-corrected chi connectivity index (χ2v) is 8.77. The highest BCUT2D eigenvalue weighted by molar-refractivity contribution is 5.81. The molecule has 1 N–H and O–H groups in total. The van der Waals surface area contributed by atoms with Gasteiger partial charge >= 0.3 is 0 Å². The summed E-state index contributed by atoms with van der Waals surface area (Å²) in [7, 11) is 1.83. The zero-order valence-corrected chi connectivity index (χ0v) is 19.3. The lowest BCUT2D eigenvalue weighted by molar-refractivity contribution is -0.140. The number of ether oxygens (including phenoxy) is 2. The summed E-state index contributed by atoms with van der Waals surface area (Å²) in [5.74, 6) is 2.80. The largest absolute Gasteiger partial charge is 0.493 e. The van der Waals surface area contributed by atoms with E-state index < -0.39 is 0 Å². The number of nitrogens with zero attached hydrogens (tertiary/aromatic N) is 3. The minimum Gasteiger partial charge on any atom is -0.493 e. The number of amides is 1.